The molecule has 2 atom stereocenters. The lowest BCUT2D eigenvalue weighted by Gasteiger charge is -2.14. The molecule has 1 aliphatic rings. The van der Waals surface area contributed by atoms with E-state index < -0.39 is 5.97 Å². The standard InChI is InChI=1S/C11H16N2O2/c1-7(8-4-11(8,2)3)13-5-9(10(14)15)12-6-13/h5-8H,4H2,1-3H3,(H,14,15). The summed E-state index contributed by atoms with van der Waals surface area (Å²) in [5.41, 5.74) is 0.521. The molecule has 2 unspecified atom stereocenters. The highest BCUT2D eigenvalue weighted by Gasteiger charge is 2.49. The second-order valence-corrected chi connectivity index (χ2v) is 5.05. The van der Waals surface area contributed by atoms with E-state index in [1.807, 2.05) is 4.57 Å². The number of aromatic carboxylic acids is 1. The van der Waals surface area contributed by atoms with E-state index in [0.717, 1.165) is 0 Å². The number of hydrogen-bond donors (Lipinski definition) is 1. The SMILES string of the molecule is CC(C1CC1(C)C)n1cnc(C(=O)O)c1. The Bertz CT molecular complexity index is 395. The monoisotopic (exact) mass is 208 g/mol. The molecule has 1 heterocycles. The van der Waals surface area contributed by atoms with E-state index >= 15 is 0 Å². The first kappa shape index (κ1) is 10.2. The van der Waals surface area contributed by atoms with E-state index in [4.69, 9.17) is 5.11 Å². The lowest BCUT2D eigenvalue weighted by Crippen LogP contribution is -2.08. The minimum atomic E-state index is -0.962. The molecule has 4 nitrogen and oxygen atoms in total. The highest BCUT2D eigenvalue weighted by Crippen LogP contribution is 2.57. The Labute approximate surface area is 88.9 Å². The van der Waals surface area contributed by atoms with Crippen molar-refractivity contribution < 1.29 is 9.90 Å². The van der Waals surface area contributed by atoms with Crippen molar-refractivity contribution in [3.63, 3.8) is 0 Å². The molecule has 1 aliphatic carbocycles. The Morgan fingerprint density at radius 1 is 1.73 bits per heavy atom. The predicted octanol–water partition coefficient (Wildman–Crippen LogP) is 2.19. The average molecular weight is 208 g/mol. The van der Waals surface area contributed by atoms with Crippen LogP contribution in [0.1, 0.15) is 43.7 Å². The van der Waals surface area contributed by atoms with Crippen LogP contribution in [0.15, 0.2) is 12.5 Å². The van der Waals surface area contributed by atoms with Gasteiger partial charge in [0, 0.05) is 12.2 Å². The van der Waals surface area contributed by atoms with Gasteiger partial charge in [0.2, 0.25) is 0 Å². The second kappa shape index (κ2) is 3.08. The molecule has 82 valence electrons. The van der Waals surface area contributed by atoms with E-state index in [9.17, 15) is 4.79 Å². The van der Waals surface area contributed by atoms with Gasteiger partial charge >= 0.3 is 5.97 Å². The van der Waals surface area contributed by atoms with Gasteiger partial charge in [0.1, 0.15) is 0 Å². The zero-order valence-corrected chi connectivity index (χ0v) is 9.27. The summed E-state index contributed by atoms with van der Waals surface area (Å²) in [7, 11) is 0. The lowest BCUT2D eigenvalue weighted by molar-refractivity contribution is 0.0691. The molecule has 2 rings (SSSR count). The smallest absolute Gasteiger partial charge is 0.356 e. The predicted molar refractivity (Wildman–Crippen MR) is 55.8 cm³/mol. The van der Waals surface area contributed by atoms with Crippen LogP contribution >= 0.6 is 0 Å². The summed E-state index contributed by atoms with van der Waals surface area (Å²) < 4.78 is 1.91. The third kappa shape index (κ3) is 1.76. The first-order valence-electron chi connectivity index (χ1n) is 5.18. The third-order valence-corrected chi connectivity index (χ3v) is 3.46. The van der Waals surface area contributed by atoms with Crippen LogP contribution in [0.3, 0.4) is 0 Å². The summed E-state index contributed by atoms with van der Waals surface area (Å²) in [6.45, 7) is 6.60. The van der Waals surface area contributed by atoms with Crippen LogP contribution in [0.4, 0.5) is 0 Å². The highest BCUT2D eigenvalue weighted by atomic mass is 16.4. The summed E-state index contributed by atoms with van der Waals surface area (Å²) in [6, 6.07) is 0.334. The fraction of sp³-hybridized carbons (Fsp3) is 0.636. The Balaban J connectivity index is 2.13. The van der Waals surface area contributed by atoms with E-state index in [0.29, 0.717) is 17.4 Å². The third-order valence-electron chi connectivity index (χ3n) is 3.46. The summed E-state index contributed by atoms with van der Waals surface area (Å²) in [6.07, 6.45) is 4.43. The van der Waals surface area contributed by atoms with E-state index in [2.05, 4.69) is 25.8 Å². The van der Waals surface area contributed by atoms with Gasteiger partial charge in [-0.2, -0.15) is 0 Å². The van der Waals surface area contributed by atoms with Crippen LogP contribution in [-0.2, 0) is 0 Å². The van der Waals surface area contributed by atoms with E-state index in [1.165, 1.54) is 6.42 Å². The topological polar surface area (TPSA) is 55.1 Å². The van der Waals surface area contributed by atoms with Crippen molar-refractivity contribution in [2.45, 2.75) is 33.2 Å². The van der Waals surface area contributed by atoms with Gasteiger partial charge in [0.15, 0.2) is 5.69 Å². The number of carbonyl (C=O) groups is 1. The van der Waals surface area contributed by atoms with Gasteiger partial charge in [-0.1, -0.05) is 13.8 Å². The van der Waals surface area contributed by atoms with Gasteiger partial charge in [-0.3, -0.25) is 0 Å². The van der Waals surface area contributed by atoms with Crippen LogP contribution in [0, 0.1) is 11.3 Å². The lowest BCUT2D eigenvalue weighted by atomic mass is 10.1. The summed E-state index contributed by atoms with van der Waals surface area (Å²) in [5, 5.41) is 8.76. The van der Waals surface area contributed by atoms with Crippen LogP contribution in [-0.4, -0.2) is 20.6 Å². The fourth-order valence-electron chi connectivity index (χ4n) is 2.21. The zero-order chi connectivity index (χ0) is 11.2. The van der Waals surface area contributed by atoms with Crippen molar-refractivity contribution in [3.8, 4) is 0 Å². The first-order valence-corrected chi connectivity index (χ1v) is 5.18. The number of rotatable bonds is 3. The molecule has 15 heavy (non-hydrogen) atoms. The van der Waals surface area contributed by atoms with Crippen molar-refractivity contribution in [3.05, 3.63) is 18.2 Å². The van der Waals surface area contributed by atoms with Gasteiger partial charge in [-0.05, 0) is 24.7 Å². The molecule has 1 aromatic rings. The molecular formula is C11H16N2O2. The maximum atomic E-state index is 10.7. The number of imidazole rings is 1. The largest absolute Gasteiger partial charge is 0.476 e. The van der Waals surface area contributed by atoms with Crippen molar-refractivity contribution in [2.24, 2.45) is 11.3 Å². The molecule has 1 aromatic heterocycles. The van der Waals surface area contributed by atoms with Crippen molar-refractivity contribution >= 4 is 5.97 Å². The van der Waals surface area contributed by atoms with Gasteiger partial charge in [-0.25, -0.2) is 9.78 Å². The normalized spacial score (nSPS) is 24.9. The quantitative estimate of drug-likeness (QED) is 0.828. The maximum absolute atomic E-state index is 10.7. The minimum Gasteiger partial charge on any atom is -0.476 e. The van der Waals surface area contributed by atoms with Crippen LogP contribution in [0.25, 0.3) is 0 Å². The van der Waals surface area contributed by atoms with E-state index in [-0.39, 0.29) is 5.69 Å². The van der Waals surface area contributed by atoms with Crippen molar-refractivity contribution in [1.82, 2.24) is 9.55 Å². The highest BCUT2D eigenvalue weighted by molar-refractivity contribution is 5.84. The van der Waals surface area contributed by atoms with Crippen LogP contribution in [0.5, 0.6) is 0 Å². The second-order valence-electron chi connectivity index (χ2n) is 5.05. The molecule has 0 spiro atoms. The van der Waals surface area contributed by atoms with Gasteiger partial charge in [0.25, 0.3) is 0 Å². The maximum Gasteiger partial charge on any atom is 0.356 e. The molecule has 0 aromatic carbocycles. The zero-order valence-electron chi connectivity index (χ0n) is 9.27. The number of nitrogens with zero attached hydrogens (tertiary/aromatic N) is 2. The minimum absolute atomic E-state index is 0.125. The Morgan fingerprint density at radius 3 is 2.73 bits per heavy atom. The van der Waals surface area contributed by atoms with E-state index in [1.54, 1.807) is 12.5 Å². The summed E-state index contributed by atoms with van der Waals surface area (Å²) >= 11 is 0. The molecule has 0 saturated heterocycles. The fourth-order valence-corrected chi connectivity index (χ4v) is 2.21. The molecule has 1 saturated carbocycles. The Kier molecular flexibility index (Phi) is 2.10. The van der Waals surface area contributed by atoms with Gasteiger partial charge < -0.3 is 9.67 Å². The number of hydrogen-bond acceptors (Lipinski definition) is 2. The average Bonchev–Trinajstić information content (AvgIpc) is 2.65. The van der Waals surface area contributed by atoms with Crippen molar-refractivity contribution in [1.29, 1.82) is 0 Å². The molecule has 4 heteroatoms. The van der Waals surface area contributed by atoms with Gasteiger partial charge in [0.05, 0.1) is 6.33 Å². The molecular weight excluding hydrogens is 192 g/mol. The molecule has 1 fully saturated rings. The van der Waals surface area contributed by atoms with Crippen LogP contribution < -0.4 is 0 Å². The van der Waals surface area contributed by atoms with Gasteiger partial charge in [-0.15, -0.1) is 0 Å². The van der Waals surface area contributed by atoms with Crippen molar-refractivity contribution in [2.75, 3.05) is 0 Å². The molecule has 0 aliphatic heterocycles. The van der Waals surface area contributed by atoms with Crippen LogP contribution in [0.2, 0.25) is 0 Å². The summed E-state index contributed by atoms with van der Waals surface area (Å²) in [4.78, 5) is 14.5. The number of aromatic nitrogens is 2. The molecule has 1 N–H and O–H groups in total. The number of carboxylic acid groups (broad SMARTS) is 1. The molecule has 0 radical (unpaired) electrons. The molecule has 0 bridgehead atoms. The Hall–Kier alpha value is -1.32. The first-order chi connectivity index (χ1) is 6.92. The Morgan fingerprint density at radius 2 is 2.33 bits per heavy atom. The number of carboxylic acids is 1. The summed E-state index contributed by atoms with van der Waals surface area (Å²) in [5.74, 6) is -0.329. The molecule has 0 amide bonds.